The van der Waals surface area contributed by atoms with Gasteiger partial charge in [0, 0.05) is 17.1 Å². The fourth-order valence-corrected chi connectivity index (χ4v) is 3.91. The minimum atomic E-state index is -0.548. The van der Waals surface area contributed by atoms with Crippen molar-refractivity contribution in [2.24, 2.45) is 0 Å². The van der Waals surface area contributed by atoms with Crippen LogP contribution in [-0.4, -0.2) is 32.5 Å². The number of nitrogens with one attached hydrogen (secondary N) is 2. The number of aromatic nitrogens is 3. The Morgan fingerprint density at radius 1 is 1.21 bits per heavy atom. The van der Waals surface area contributed by atoms with Gasteiger partial charge in [0.15, 0.2) is 5.16 Å². The van der Waals surface area contributed by atoms with Crippen molar-refractivity contribution in [3.05, 3.63) is 58.0 Å². The molecule has 0 radical (unpaired) electrons. The summed E-state index contributed by atoms with van der Waals surface area (Å²) in [5.74, 6) is -0.308. The van der Waals surface area contributed by atoms with Gasteiger partial charge in [-0.25, -0.2) is 4.79 Å². The third-order valence-electron chi connectivity index (χ3n) is 4.11. The Balaban J connectivity index is 1.45. The molecule has 2 aromatic heterocycles. The molecule has 3 amide bonds. The van der Waals surface area contributed by atoms with Gasteiger partial charge in [0.1, 0.15) is 6.33 Å². The molecule has 1 aromatic carbocycles. The van der Waals surface area contributed by atoms with E-state index in [2.05, 4.69) is 26.9 Å². The first-order valence-corrected chi connectivity index (χ1v) is 10.6. The monoisotopic (exact) mass is 415 g/mol. The molecule has 0 saturated carbocycles. The maximum absolute atomic E-state index is 12.1. The molecule has 3 rings (SSSR count). The van der Waals surface area contributed by atoms with E-state index in [4.69, 9.17) is 0 Å². The van der Waals surface area contributed by atoms with Crippen LogP contribution in [0.5, 0.6) is 0 Å². The normalized spacial score (nSPS) is 10.6. The number of benzene rings is 1. The number of carbonyl (C=O) groups is 2. The van der Waals surface area contributed by atoms with E-state index in [0.717, 1.165) is 24.1 Å². The molecule has 0 bridgehead atoms. The number of carbonyl (C=O) groups excluding carboxylic acids is 2. The summed E-state index contributed by atoms with van der Waals surface area (Å²) >= 11 is 2.96. The topological polar surface area (TPSA) is 88.9 Å². The lowest BCUT2D eigenvalue weighted by Gasteiger charge is -2.09. The number of hydrogen-bond acceptors (Lipinski definition) is 6. The van der Waals surface area contributed by atoms with Crippen LogP contribution in [0.3, 0.4) is 0 Å². The minimum absolute atomic E-state index is 0.0814. The predicted octanol–water partition coefficient (Wildman–Crippen LogP) is 3.64. The molecular weight excluding hydrogens is 394 g/mol. The first-order chi connectivity index (χ1) is 13.5. The molecule has 2 heterocycles. The van der Waals surface area contributed by atoms with Crippen molar-refractivity contribution in [1.82, 2.24) is 20.1 Å². The van der Waals surface area contributed by atoms with Gasteiger partial charge in [-0.15, -0.1) is 21.5 Å². The quantitative estimate of drug-likeness (QED) is 0.575. The largest absolute Gasteiger partial charge is 0.325 e. The van der Waals surface area contributed by atoms with Gasteiger partial charge in [0.25, 0.3) is 0 Å². The second kappa shape index (κ2) is 9.52. The molecule has 7 nitrogen and oxygen atoms in total. The van der Waals surface area contributed by atoms with Crippen molar-refractivity contribution in [2.45, 2.75) is 32.0 Å². The Morgan fingerprint density at radius 3 is 2.82 bits per heavy atom. The number of amides is 3. The molecule has 0 aliphatic carbocycles. The summed E-state index contributed by atoms with van der Waals surface area (Å²) in [6.45, 7) is 4.71. The first-order valence-electron chi connectivity index (χ1n) is 8.72. The average Bonchev–Trinajstić information content (AvgIpc) is 3.32. The third kappa shape index (κ3) is 5.67. The summed E-state index contributed by atoms with van der Waals surface area (Å²) in [7, 11) is 0. The van der Waals surface area contributed by atoms with E-state index < -0.39 is 6.03 Å². The number of anilines is 1. The number of thioether (sulfide) groups is 1. The van der Waals surface area contributed by atoms with Crippen LogP contribution in [0.1, 0.15) is 16.0 Å². The van der Waals surface area contributed by atoms with E-state index >= 15 is 0 Å². The smallest absolute Gasteiger partial charge is 0.308 e. The molecule has 3 aromatic rings. The molecule has 0 unspecified atom stereocenters. The van der Waals surface area contributed by atoms with E-state index in [1.165, 1.54) is 16.6 Å². The maximum Gasteiger partial charge on any atom is 0.325 e. The molecule has 146 valence electrons. The van der Waals surface area contributed by atoms with Gasteiger partial charge in [0.2, 0.25) is 5.91 Å². The van der Waals surface area contributed by atoms with Crippen LogP contribution in [0.2, 0.25) is 0 Å². The number of hydrogen-bond donors (Lipinski definition) is 2. The molecule has 0 aliphatic heterocycles. The minimum Gasteiger partial charge on any atom is -0.308 e. The number of rotatable bonds is 7. The van der Waals surface area contributed by atoms with E-state index in [-0.39, 0.29) is 11.7 Å². The van der Waals surface area contributed by atoms with Gasteiger partial charge >= 0.3 is 6.03 Å². The lowest BCUT2D eigenvalue weighted by atomic mass is 10.1. The van der Waals surface area contributed by atoms with Crippen LogP contribution in [0.15, 0.2) is 47.2 Å². The molecule has 0 aliphatic rings. The fraction of sp³-hybridized carbons (Fsp3) is 0.263. The number of urea groups is 1. The Morgan fingerprint density at radius 2 is 2.07 bits per heavy atom. The van der Waals surface area contributed by atoms with Gasteiger partial charge in [-0.3, -0.25) is 10.1 Å². The molecule has 9 heteroatoms. The van der Waals surface area contributed by atoms with Crippen LogP contribution in [-0.2, 0) is 17.8 Å². The van der Waals surface area contributed by atoms with Crippen molar-refractivity contribution < 1.29 is 9.59 Å². The van der Waals surface area contributed by atoms with E-state index in [9.17, 15) is 9.59 Å². The lowest BCUT2D eigenvalue weighted by Crippen LogP contribution is -2.35. The van der Waals surface area contributed by atoms with Crippen molar-refractivity contribution in [3.63, 3.8) is 0 Å². The van der Waals surface area contributed by atoms with Crippen LogP contribution >= 0.6 is 23.1 Å². The van der Waals surface area contributed by atoms with Crippen LogP contribution < -0.4 is 10.6 Å². The van der Waals surface area contributed by atoms with Crippen LogP contribution in [0.4, 0.5) is 10.5 Å². The molecule has 0 spiro atoms. The molecule has 28 heavy (non-hydrogen) atoms. The van der Waals surface area contributed by atoms with Crippen molar-refractivity contribution in [3.8, 4) is 0 Å². The fourth-order valence-electron chi connectivity index (χ4n) is 2.47. The third-order valence-corrected chi connectivity index (χ3v) is 6.03. The second-order valence-electron chi connectivity index (χ2n) is 6.23. The van der Waals surface area contributed by atoms with Crippen LogP contribution in [0.25, 0.3) is 0 Å². The zero-order valence-corrected chi connectivity index (χ0v) is 17.3. The Kier molecular flexibility index (Phi) is 6.83. The maximum atomic E-state index is 12.1. The van der Waals surface area contributed by atoms with Gasteiger partial charge < -0.3 is 9.88 Å². The van der Waals surface area contributed by atoms with Crippen molar-refractivity contribution in [2.75, 3.05) is 11.1 Å². The summed E-state index contributed by atoms with van der Waals surface area (Å²) in [5, 5.41) is 15.7. The van der Waals surface area contributed by atoms with Crippen molar-refractivity contribution in [1.29, 1.82) is 0 Å². The van der Waals surface area contributed by atoms with Gasteiger partial charge in [0.05, 0.1) is 5.75 Å². The highest BCUT2D eigenvalue weighted by atomic mass is 32.2. The highest BCUT2D eigenvalue weighted by molar-refractivity contribution is 7.99. The number of thiophene rings is 1. The zero-order chi connectivity index (χ0) is 19.9. The van der Waals surface area contributed by atoms with E-state index in [1.807, 2.05) is 42.0 Å². The molecule has 0 fully saturated rings. The number of imide groups is 1. The molecular formula is C19H21N5O2S2. The summed E-state index contributed by atoms with van der Waals surface area (Å²) < 4.78 is 1.91. The predicted molar refractivity (Wildman–Crippen MR) is 112 cm³/mol. The SMILES string of the molecule is Cc1ccc(NC(=O)NC(=O)CSc2nncn2CCc2cccs2)cc1C. The Hall–Kier alpha value is -2.65. The van der Waals surface area contributed by atoms with Gasteiger partial charge in [-0.05, 0) is 55.0 Å². The summed E-state index contributed by atoms with van der Waals surface area (Å²) in [5.41, 5.74) is 2.86. The highest BCUT2D eigenvalue weighted by Crippen LogP contribution is 2.17. The molecule has 2 N–H and O–H groups in total. The van der Waals surface area contributed by atoms with E-state index in [1.54, 1.807) is 23.7 Å². The highest BCUT2D eigenvalue weighted by Gasteiger charge is 2.12. The Labute approximate surface area is 171 Å². The summed E-state index contributed by atoms with van der Waals surface area (Å²) in [4.78, 5) is 25.3. The van der Waals surface area contributed by atoms with Crippen molar-refractivity contribution >= 4 is 40.7 Å². The summed E-state index contributed by atoms with van der Waals surface area (Å²) in [6, 6.07) is 9.15. The number of nitrogens with zero attached hydrogens (tertiary/aromatic N) is 3. The number of aryl methyl sites for hydroxylation is 4. The molecule has 0 saturated heterocycles. The first kappa shape index (κ1) is 20.1. The molecule has 0 atom stereocenters. The van der Waals surface area contributed by atoms with Crippen LogP contribution in [0, 0.1) is 13.8 Å². The zero-order valence-electron chi connectivity index (χ0n) is 15.6. The standard InChI is InChI=1S/C19H21N5O2S2/c1-13-5-6-15(10-14(13)2)21-18(26)22-17(25)11-28-19-23-20-12-24(19)8-7-16-4-3-9-27-16/h3-6,9-10,12H,7-8,11H2,1-2H3,(H2,21,22,25,26). The summed E-state index contributed by atoms with van der Waals surface area (Å²) in [6.07, 6.45) is 2.54. The average molecular weight is 416 g/mol. The van der Waals surface area contributed by atoms with Gasteiger partial charge in [-0.2, -0.15) is 0 Å². The lowest BCUT2D eigenvalue weighted by molar-refractivity contribution is -0.117. The van der Waals surface area contributed by atoms with E-state index in [0.29, 0.717) is 10.8 Å². The Bertz CT molecular complexity index is 953. The van der Waals surface area contributed by atoms with Gasteiger partial charge in [-0.1, -0.05) is 23.9 Å². The second-order valence-corrected chi connectivity index (χ2v) is 8.20.